The molecule has 1 aliphatic heterocycles. The van der Waals surface area contributed by atoms with Crippen LogP contribution in [-0.2, 0) is 0 Å². The van der Waals surface area contributed by atoms with Crippen LogP contribution in [0.2, 0.25) is 0 Å². The highest BCUT2D eigenvalue weighted by Crippen LogP contribution is 2.22. The third kappa shape index (κ3) is 3.62. The van der Waals surface area contributed by atoms with Gasteiger partial charge in [0.15, 0.2) is 0 Å². The summed E-state index contributed by atoms with van der Waals surface area (Å²) in [6, 6.07) is 0. The van der Waals surface area contributed by atoms with Gasteiger partial charge in [-0.1, -0.05) is 24.1 Å². The molecule has 1 aliphatic rings. The molecule has 1 nitrogen and oxygen atoms in total. The Morgan fingerprint density at radius 1 is 1.24 bits per heavy atom. The normalized spacial score (nSPS) is 18.7. The quantitative estimate of drug-likeness (QED) is 0.705. The summed E-state index contributed by atoms with van der Waals surface area (Å²) in [5.41, 5.74) is 8.29. The topological polar surface area (TPSA) is 12.0 Å². The smallest absolute Gasteiger partial charge is 0.0375 e. The van der Waals surface area contributed by atoms with Crippen LogP contribution in [0, 0.1) is 0 Å². The van der Waals surface area contributed by atoms with E-state index in [4.69, 9.17) is 0 Å². The van der Waals surface area contributed by atoms with Gasteiger partial charge in [0.25, 0.3) is 0 Å². The molecule has 0 aromatic rings. The van der Waals surface area contributed by atoms with Crippen molar-refractivity contribution in [1.82, 2.24) is 5.32 Å². The van der Waals surface area contributed by atoms with Crippen molar-refractivity contribution in [1.29, 1.82) is 0 Å². The van der Waals surface area contributed by atoms with E-state index < -0.39 is 0 Å². The molecule has 0 spiro atoms. The summed E-state index contributed by atoms with van der Waals surface area (Å²) in [7, 11) is 0. The third-order valence-corrected chi connectivity index (χ3v) is 3.46. The van der Waals surface area contributed by atoms with E-state index in [9.17, 15) is 0 Å². The van der Waals surface area contributed by atoms with E-state index in [-0.39, 0.29) is 0 Å². The highest BCUT2D eigenvalue weighted by molar-refractivity contribution is 5.43. The van der Waals surface area contributed by atoms with Gasteiger partial charge in [0, 0.05) is 12.2 Å². The largest absolute Gasteiger partial charge is 0.381 e. The van der Waals surface area contributed by atoms with E-state index in [0.29, 0.717) is 0 Å². The van der Waals surface area contributed by atoms with E-state index in [1.54, 1.807) is 0 Å². The monoisotopic (exact) mass is 231 g/mol. The zero-order chi connectivity index (χ0) is 13.0. The van der Waals surface area contributed by atoms with E-state index in [2.05, 4.69) is 59.0 Å². The Hall–Kier alpha value is -1.24. The number of allylic oxidation sites excluding steroid dienone is 6. The summed E-state index contributed by atoms with van der Waals surface area (Å²) in [6.07, 6.45) is 5.65. The Labute approximate surface area is 106 Å². The first-order valence-electron chi connectivity index (χ1n) is 6.42. The summed E-state index contributed by atoms with van der Waals surface area (Å²) in [6.45, 7) is 14.1. The lowest BCUT2D eigenvalue weighted by Gasteiger charge is -2.03. The zero-order valence-corrected chi connectivity index (χ0v) is 12.1. The van der Waals surface area contributed by atoms with Crippen LogP contribution in [0.5, 0.6) is 0 Å². The predicted octanol–water partition coefficient (Wildman–Crippen LogP) is 4.50. The van der Waals surface area contributed by atoms with Crippen LogP contribution in [-0.4, -0.2) is 6.54 Å². The fourth-order valence-corrected chi connectivity index (χ4v) is 1.96. The molecule has 0 fully saturated rings. The highest BCUT2D eigenvalue weighted by Gasteiger charge is 2.13. The lowest BCUT2D eigenvalue weighted by atomic mass is 10.1. The maximum Gasteiger partial charge on any atom is 0.0375 e. The van der Waals surface area contributed by atoms with Gasteiger partial charge in [-0.15, -0.1) is 0 Å². The van der Waals surface area contributed by atoms with Gasteiger partial charge in [-0.25, -0.2) is 0 Å². The van der Waals surface area contributed by atoms with Crippen LogP contribution in [0.25, 0.3) is 0 Å². The minimum Gasteiger partial charge on any atom is -0.381 e. The van der Waals surface area contributed by atoms with Crippen molar-refractivity contribution in [3.8, 4) is 0 Å². The Bertz CT molecular complexity index is 413. The van der Waals surface area contributed by atoms with Crippen LogP contribution in [0.15, 0.2) is 45.7 Å². The lowest BCUT2D eigenvalue weighted by molar-refractivity contribution is 0.913. The van der Waals surface area contributed by atoms with Gasteiger partial charge in [-0.05, 0) is 63.8 Å². The van der Waals surface area contributed by atoms with E-state index in [0.717, 1.165) is 13.0 Å². The summed E-state index contributed by atoms with van der Waals surface area (Å²) < 4.78 is 0. The van der Waals surface area contributed by atoms with Crippen molar-refractivity contribution in [3.05, 3.63) is 45.7 Å². The first kappa shape index (κ1) is 13.8. The Morgan fingerprint density at radius 2 is 1.88 bits per heavy atom. The maximum atomic E-state index is 3.47. The molecule has 0 atom stereocenters. The molecule has 17 heavy (non-hydrogen) atoms. The van der Waals surface area contributed by atoms with Gasteiger partial charge >= 0.3 is 0 Å². The van der Waals surface area contributed by atoms with E-state index in [1.165, 1.54) is 33.6 Å². The molecule has 0 aliphatic carbocycles. The SMILES string of the molecule is CCC1=C(C)/C(=C/C(C)=C/C(C)=C(C)C)NC1. The standard InChI is InChI=1S/C16H25N/c1-7-15-10-17-16(14(15)6)9-12(4)8-13(5)11(2)3/h8-9,17H,7,10H2,1-6H3/b12-8+,16-9-. The molecule has 0 saturated carbocycles. The fourth-order valence-electron chi connectivity index (χ4n) is 1.96. The number of hydrogen-bond donors (Lipinski definition) is 1. The average molecular weight is 231 g/mol. The average Bonchev–Trinajstić information content (AvgIpc) is 2.59. The summed E-state index contributed by atoms with van der Waals surface area (Å²) in [4.78, 5) is 0. The molecule has 1 N–H and O–H groups in total. The van der Waals surface area contributed by atoms with Crippen molar-refractivity contribution in [3.63, 3.8) is 0 Å². The second-order valence-electron chi connectivity index (χ2n) is 5.07. The summed E-state index contributed by atoms with van der Waals surface area (Å²) in [5.74, 6) is 0. The van der Waals surface area contributed by atoms with Crippen LogP contribution in [0.1, 0.15) is 48.0 Å². The molecule has 0 saturated heterocycles. The molecule has 0 amide bonds. The van der Waals surface area contributed by atoms with Crippen LogP contribution >= 0.6 is 0 Å². The van der Waals surface area contributed by atoms with Gasteiger partial charge in [-0.3, -0.25) is 0 Å². The Kier molecular flexibility index (Phi) is 4.80. The second kappa shape index (κ2) is 5.90. The molecule has 0 aromatic carbocycles. The molecule has 1 rings (SSSR count). The molecular weight excluding hydrogens is 206 g/mol. The van der Waals surface area contributed by atoms with E-state index in [1.807, 2.05) is 0 Å². The van der Waals surface area contributed by atoms with Crippen molar-refractivity contribution >= 4 is 0 Å². The van der Waals surface area contributed by atoms with E-state index >= 15 is 0 Å². The molecule has 1 heteroatoms. The van der Waals surface area contributed by atoms with Gasteiger partial charge in [-0.2, -0.15) is 0 Å². The second-order valence-corrected chi connectivity index (χ2v) is 5.07. The van der Waals surface area contributed by atoms with Gasteiger partial charge in [0.2, 0.25) is 0 Å². The maximum absolute atomic E-state index is 3.47. The predicted molar refractivity (Wildman–Crippen MR) is 76.9 cm³/mol. The number of hydrogen-bond acceptors (Lipinski definition) is 1. The Morgan fingerprint density at radius 3 is 2.35 bits per heavy atom. The minimum atomic E-state index is 1.02. The van der Waals surface area contributed by atoms with Crippen LogP contribution < -0.4 is 5.32 Å². The molecular formula is C16H25N. The van der Waals surface area contributed by atoms with Crippen molar-refractivity contribution in [2.24, 2.45) is 0 Å². The number of nitrogens with one attached hydrogen (secondary N) is 1. The molecule has 0 unspecified atom stereocenters. The molecule has 94 valence electrons. The molecule has 0 bridgehead atoms. The molecule has 1 heterocycles. The third-order valence-electron chi connectivity index (χ3n) is 3.46. The molecule has 0 aromatic heterocycles. The zero-order valence-electron chi connectivity index (χ0n) is 12.1. The van der Waals surface area contributed by atoms with Gasteiger partial charge in [0.05, 0.1) is 0 Å². The van der Waals surface area contributed by atoms with Crippen LogP contribution in [0.3, 0.4) is 0 Å². The van der Waals surface area contributed by atoms with Crippen molar-refractivity contribution in [2.45, 2.75) is 48.0 Å². The fraction of sp³-hybridized carbons (Fsp3) is 0.500. The van der Waals surface area contributed by atoms with Gasteiger partial charge < -0.3 is 5.32 Å². The first-order chi connectivity index (χ1) is 7.95. The van der Waals surface area contributed by atoms with Crippen molar-refractivity contribution < 1.29 is 0 Å². The van der Waals surface area contributed by atoms with Gasteiger partial charge in [0.1, 0.15) is 0 Å². The minimum absolute atomic E-state index is 1.02. The Balaban J connectivity index is 2.92. The van der Waals surface area contributed by atoms with Crippen LogP contribution in [0.4, 0.5) is 0 Å². The summed E-state index contributed by atoms with van der Waals surface area (Å²) >= 11 is 0. The number of rotatable bonds is 3. The lowest BCUT2D eigenvalue weighted by Crippen LogP contribution is -2.07. The molecule has 0 radical (unpaired) electrons. The first-order valence-corrected chi connectivity index (χ1v) is 6.42. The summed E-state index contributed by atoms with van der Waals surface area (Å²) in [5, 5.41) is 3.47. The highest BCUT2D eigenvalue weighted by atomic mass is 14.9. The van der Waals surface area contributed by atoms with Crippen molar-refractivity contribution in [2.75, 3.05) is 6.54 Å².